The summed E-state index contributed by atoms with van der Waals surface area (Å²) in [5, 5.41) is 3.32. The van der Waals surface area contributed by atoms with Crippen molar-refractivity contribution in [1.82, 2.24) is 5.32 Å². The van der Waals surface area contributed by atoms with Crippen LogP contribution >= 0.6 is 0 Å². The topological polar surface area (TPSA) is 46.2 Å². The Hall–Kier alpha value is -0.860. The van der Waals surface area contributed by atoms with E-state index in [0.717, 1.165) is 12.3 Å². The van der Waals surface area contributed by atoms with E-state index in [4.69, 9.17) is 0 Å². The van der Waals surface area contributed by atoms with Crippen LogP contribution in [0.3, 0.4) is 0 Å². The second-order valence-electron chi connectivity index (χ2n) is 11.2. The molecule has 0 spiro atoms. The molecular formula is C24H37NO2. The van der Waals surface area contributed by atoms with Crippen LogP contribution in [0.4, 0.5) is 0 Å². The number of carbonyl (C=O) groups excluding carboxylic acids is 2. The fourth-order valence-electron chi connectivity index (χ4n) is 9.08. The SMILES string of the molecule is C[C@H]1CCC(=O)N[C@H]2C(=O)[C@]3(C)[C@@H]1CC[C@H]3[C@@H]1CC[C@H]3CCCC[C@]3(C)[C@H]12. The van der Waals surface area contributed by atoms with Crippen molar-refractivity contribution in [2.75, 3.05) is 0 Å². The number of rotatable bonds is 0. The average Bonchev–Trinajstić information content (AvgIpc) is 3.00. The van der Waals surface area contributed by atoms with Crippen molar-refractivity contribution in [3.8, 4) is 0 Å². The summed E-state index contributed by atoms with van der Waals surface area (Å²) < 4.78 is 0. The first-order valence-corrected chi connectivity index (χ1v) is 11.7. The molecule has 4 aliphatic carbocycles. The van der Waals surface area contributed by atoms with Crippen molar-refractivity contribution in [1.29, 1.82) is 0 Å². The van der Waals surface area contributed by atoms with Gasteiger partial charge in [-0.3, -0.25) is 9.59 Å². The van der Waals surface area contributed by atoms with Crippen LogP contribution in [0.2, 0.25) is 0 Å². The highest BCUT2D eigenvalue weighted by molar-refractivity contribution is 5.95. The summed E-state index contributed by atoms with van der Waals surface area (Å²) in [5.74, 6) is 3.80. The van der Waals surface area contributed by atoms with Gasteiger partial charge >= 0.3 is 0 Å². The molecule has 1 amide bonds. The fraction of sp³-hybridized carbons (Fsp3) is 0.917. The summed E-state index contributed by atoms with van der Waals surface area (Å²) in [6.07, 6.45) is 11.8. The number of Topliss-reactive ketones (excluding diaryl/α,β-unsaturated/α-hetero) is 1. The van der Waals surface area contributed by atoms with E-state index >= 15 is 0 Å². The molecule has 3 heteroatoms. The van der Waals surface area contributed by atoms with Gasteiger partial charge in [0.15, 0.2) is 5.78 Å². The minimum absolute atomic E-state index is 0.127. The molecule has 5 aliphatic rings. The molecule has 27 heavy (non-hydrogen) atoms. The summed E-state index contributed by atoms with van der Waals surface area (Å²) in [6.45, 7) is 7.08. The lowest BCUT2D eigenvalue weighted by Gasteiger charge is -2.62. The van der Waals surface area contributed by atoms with Gasteiger partial charge in [0.25, 0.3) is 0 Å². The first kappa shape index (κ1) is 18.2. The summed E-state index contributed by atoms with van der Waals surface area (Å²) in [4.78, 5) is 26.8. The maximum Gasteiger partial charge on any atom is 0.220 e. The predicted molar refractivity (Wildman–Crippen MR) is 106 cm³/mol. The summed E-state index contributed by atoms with van der Waals surface area (Å²) >= 11 is 0. The molecule has 0 aromatic carbocycles. The van der Waals surface area contributed by atoms with Gasteiger partial charge in [0.2, 0.25) is 5.91 Å². The largest absolute Gasteiger partial charge is 0.346 e. The Morgan fingerprint density at radius 3 is 2.52 bits per heavy atom. The Labute approximate surface area is 164 Å². The van der Waals surface area contributed by atoms with Gasteiger partial charge in [-0.25, -0.2) is 0 Å². The van der Waals surface area contributed by atoms with Crippen molar-refractivity contribution >= 4 is 11.7 Å². The van der Waals surface area contributed by atoms with Crippen LogP contribution < -0.4 is 5.32 Å². The zero-order valence-corrected chi connectivity index (χ0v) is 17.4. The molecule has 0 unspecified atom stereocenters. The maximum absolute atomic E-state index is 14.1. The number of amides is 1. The molecule has 2 bridgehead atoms. The van der Waals surface area contributed by atoms with E-state index < -0.39 is 0 Å². The van der Waals surface area contributed by atoms with Crippen LogP contribution in [0.5, 0.6) is 0 Å². The zero-order valence-electron chi connectivity index (χ0n) is 17.4. The first-order chi connectivity index (χ1) is 12.9. The number of carbonyl (C=O) groups is 2. The van der Waals surface area contributed by atoms with Gasteiger partial charge < -0.3 is 5.32 Å². The second-order valence-corrected chi connectivity index (χ2v) is 11.2. The van der Waals surface area contributed by atoms with Crippen LogP contribution in [0.25, 0.3) is 0 Å². The molecule has 1 aliphatic heterocycles. The fourth-order valence-corrected chi connectivity index (χ4v) is 9.08. The van der Waals surface area contributed by atoms with Crippen molar-refractivity contribution in [3.63, 3.8) is 0 Å². The molecule has 5 rings (SSSR count). The monoisotopic (exact) mass is 371 g/mol. The zero-order chi connectivity index (χ0) is 19.0. The highest BCUT2D eigenvalue weighted by atomic mass is 16.2. The summed E-state index contributed by atoms with van der Waals surface area (Å²) in [5.41, 5.74) is 0.0363. The Morgan fingerprint density at radius 2 is 1.70 bits per heavy atom. The maximum atomic E-state index is 14.1. The lowest BCUT2D eigenvalue weighted by atomic mass is 9.43. The second kappa shape index (κ2) is 6.07. The number of hydrogen-bond acceptors (Lipinski definition) is 2. The third-order valence-corrected chi connectivity index (χ3v) is 10.4. The van der Waals surface area contributed by atoms with E-state index in [0.29, 0.717) is 41.8 Å². The third-order valence-electron chi connectivity index (χ3n) is 10.4. The van der Waals surface area contributed by atoms with Crippen molar-refractivity contribution in [2.45, 2.75) is 91.0 Å². The van der Waals surface area contributed by atoms with Gasteiger partial charge in [-0.15, -0.1) is 0 Å². The van der Waals surface area contributed by atoms with Crippen LogP contribution in [0, 0.1) is 46.3 Å². The van der Waals surface area contributed by atoms with Crippen LogP contribution in [0.1, 0.15) is 85.0 Å². The quantitative estimate of drug-likeness (QED) is 0.668. The molecular weight excluding hydrogens is 334 g/mol. The molecule has 1 saturated heterocycles. The highest BCUT2D eigenvalue weighted by Gasteiger charge is 2.67. The lowest BCUT2D eigenvalue weighted by Crippen LogP contribution is -2.67. The molecule has 150 valence electrons. The molecule has 3 nitrogen and oxygen atoms in total. The third kappa shape index (κ3) is 2.32. The molecule has 1 heterocycles. The van der Waals surface area contributed by atoms with Gasteiger partial charge in [-0.2, -0.15) is 0 Å². The van der Waals surface area contributed by atoms with Gasteiger partial charge in [-0.1, -0.05) is 33.6 Å². The lowest BCUT2D eigenvalue weighted by molar-refractivity contribution is -0.165. The minimum atomic E-state index is -0.222. The van der Waals surface area contributed by atoms with Crippen LogP contribution in [-0.2, 0) is 9.59 Å². The van der Waals surface area contributed by atoms with Crippen molar-refractivity contribution in [3.05, 3.63) is 0 Å². The van der Waals surface area contributed by atoms with Crippen LogP contribution in [-0.4, -0.2) is 17.7 Å². The number of ketones is 1. The Morgan fingerprint density at radius 1 is 0.926 bits per heavy atom. The van der Waals surface area contributed by atoms with E-state index in [9.17, 15) is 9.59 Å². The number of hydrogen-bond donors (Lipinski definition) is 1. The standard InChI is InChI=1S/C24H37NO2/c1-14-7-12-19(26)25-21-20-16(9-8-15-6-4-5-13-23(15,20)2)18-11-10-17(14)24(18,3)22(21)27/h14-18,20-21H,4-13H2,1-3H3,(H,25,26)/t14-,15+,16-,17+,18-,20+,21+,23-,24+/m0/s1. The van der Waals surface area contributed by atoms with Gasteiger partial charge in [0.1, 0.15) is 0 Å². The van der Waals surface area contributed by atoms with Gasteiger partial charge in [0, 0.05) is 11.8 Å². The Balaban J connectivity index is 1.63. The van der Waals surface area contributed by atoms with Crippen LogP contribution in [0.15, 0.2) is 0 Å². The molecule has 1 N–H and O–H groups in total. The molecule has 0 aromatic heterocycles. The number of nitrogens with one attached hydrogen (secondary N) is 1. The number of fused-ring (bicyclic) bond motifs is 6. The Kier molecular flexibility index (Phi) is 4.09. The molecule has 0 radical (unpaired) electrons. The van der Waals surface area contributed by atoms with Crippen molar-refractivity contribution in [2.24, 2.45) is 46.3 Å². The normalized spacial score (nSPS) is 54.9. The van der Waals surface area contributed by atoms with Gasteiger partial charge in [-0.05, 0) is 85.9 Å². The predicted octanol–water partition coefficient (Wildman–Crippen LogP) is 4.74. The van der Waals surface area contributed by atoms with E-state index in [1.165, 1.54) is 51.4 Å². The highest BCUT2D eigenvalue weighted by Crippen LogP contribution is 2.67. The molecule has 4 saturated carbocycles. The Bertz CT molecular complexity index is 659. The van der Waals surface area contributed by atoms with Gasteiger partial charge in [0.05, 0.1) is 6.04 Å². The molecule has 9 atom stereocenters. The first-order valence-electron chi connectivity index (χ1n) is 11.7. The van der Waals surface area contributed by atoms with E-state index in [2.05, 4.69) is 26.1 Å². The molecule has 5 fully saturated rings. The smallest absolute Gasteiger partial charge is 0.220 e. The van der Waals surface area contributed by atoms with E-state index in [1.54, 1.807) is 0 Å². The van der Waals surface area contributed by atoms with Crippen molar-refractivity contribution < 1.29 is 9.59 Å². The minimum Gasteiger partial charge on any atom is -0.346 e. The summed E-state index contributed by atoms with van der Waals surface area (Å²) in [7, 11) is 0. The van der Waals surface area contributed by atoms with E-state index in [-0.39, 0.29) is 22.8 Å². The molecule has 0 aromatic rings. The summed E-state index contributed by atoms with van der Waals surface area (Å²) in [6, 6.07) is -0.222. The average molecular weight is 372 g/mol. The van der Waals surface area contributed by atoms with E-state index in [1.807, 2.05) is 0 Å².